The largest absolute Gasteiger partial charge is 0.619 e. The van der Waals surface area contributed by atoms with Gasteiger partial charge in [0, 0.05) is 66.6 Å². The van der Waals surface area contributed by atoms with Crippen molar-refractivity contribution in [3.8, 4) is 0 Å². The van der Waals surface area contributed by atoms with E-state index in [1.54, 1.807) is 11.9 Å². The van der Waals surface area contributed by atoms with E-state index < -0.39 is 0 Å². The topological polar surface area (TPSA) is 35.1 Å². The molecule has 3 aromatic rings. The van der Waals surface area contributed by atoms with Crippen LogP contribution in [0.3, 0.4) is 0 Å². The van der Waals surface area contributed by atoms with Gasteiger partial charge in [-0.05, 0) is 44.2 Å². The van der Waals surface area contributed by atoms with Crippen LogP contribution in [0.25, 0.3) is 10.9 Å². The van der Waals surface area contributed by atoms with Crippen LogP contribution >= 0.6 is 0 Å². The van der Waals surface area contributed by atoms with E-state index in [4.69, 9.17) is 0 Å². The van der Waals surface area contributed by atoms with E-state index in [1.807, 2.05) is 13.0 Å². The molecule has 4 heterocycles. The lowest BCUT2D eigenvalue weighted by Crippen LogP contribution is -2.36. The van der Waals surface area contributed by atoms with Gasteiger partial charge < -0.3 is 14.7 Å². The van der Waals surface area contributed by atoms with Gasteiger partial charge in [0.25, 0.3) is 0 Å². The van der Waals surface area contributed by atoms with Crippen LogP contribution in [0.15, 0.2) is 36.5 Å². The summed E-state index contributed by atoms with van der Waals surface area (Å²) in [6.07, 6.45) is 2.91. The molecule has 1 aromatic carbocycles. The molecule has 0 radical (unpaired) electrons. The van der Waals surface area contributed by atoms with E-state index in [9.17, 15) is 5.21 Å². The molecule has 0 saturated heterocycles. The van der Waals surface area contributed by atoms with Gasteiger partial charge in [-0.25, -0.2) is 0 Å². The molecular weight excluding hydrogens is 322 g/mol. The molecule has 0 bridgehead atoms. The second kappa shape index (κ2) is 5.58. The van der Waals surface area contributed by atoms with Gasteiger partial charge in [-0.15, -0.1) is 0 Å². The monoisotopic (exact) mass is 347 g/mol. The highest BCUT2D eigenvalue weighted by Crippen LogP contribution is 2.45. The van der Waals surface area contributed by atoms with Gasteiger partial charge in [0.2, 0.25) is 0 Å². The Labute approximate surface area is 154 Å². The highest BCUT2D eigenvalue weighted by atomic mass is 16.5. The first-order chi connectivity index (χ1) is 12.5. The lowest BCUT2D eigenvalue weighted by atomic mass is 9.81. The molecule has 4 nitrogen and oxygen atoms in total. The Bertz CT molecular complexity index is 1020. The standard InChI is InChI=1S/C22H25N3O/c1-14-4-7-21-19(8-14)20-13-23(3)10-18-9-17(11-24(21)22(18)20)16-6-5-15(2)25(26)12-16/h4-8,12,17-18H,9-11,13H2,1-3H3. The summed E-state index contributed by atoms with van der Waals surface area (Å²) in [7, 11) is 2.23. The number of likely N-dealkylation sites (N-methyl/N-ethyl adjacent to an activating group) is 1. The molecule has 0 saturated carbocycles. The highest BCUT2D eigenvalue weighted by Gasteiger charge is 2.36. The Hall–Kier alpha value is -2.33. The smallest absolute Gasteiger partial charge is 0.189 e. The van der Waals surface area contributed by atoms with E-state index in [1.165, 1.54) is 27.6 Å². The minimum Gasteiger partial charge on any atom is -0.619 e. The maximum Gasteiger partial charge on any atom is 0.189 e. The van der Waals surface area contributed by atoms with E-state index in [0.717, 1.165) is 36.5 Å². The predicted molar refractivity (Wildman–Crippen MR) is 103 cm³/mol. The Balaban J connectivity index is 1.67. The number of aryl methyl sites for hydroxylation is 2. The number of rotatable bonds is 1. The van der Waals surface area contributed by atoms with Crippen molar-refractivity contribution in [1.82, 2.24) is 9.47 Å². The zero-order chi connectivity index (χ0) is 18.0. The molecule has 0 fully saturated rings. The first kappa shape index (κ1) is 15.9. The van der Waals surface area contributed by atoms with Crippen LogP contribution in [0.1, 0.15) is 46.3 Å². The molecule has 2 aliphatic rings. The number of hydrogen-bond acceptors (Lipinski definition) is 2. The van der Waals surface area contributed by atoms with Crippen molar-refractivity contribution in [2.75, 3.05) is 13.6 Å². The molecule has 0 amide bonds. The Kier molecular flexibility index (Phi) is 3.41. The van der Waals surface area contributed by atoms with Crippen molar-refractivity contribution in [2.24, 2.45) is 0 Å². The van der Waals surface area contributed by atoms with Crippen LogP contribution in [0.4, 0.5) is 0 Å². The molecule has 26 heavy (non-hydrogen) atoms. The van der Waals surface area contributed by atoms with Gasteiger partial charge in [-0.2, -0.15) is 4.73 Å². The summed E-state index contributed by atoms with van der Waals surface area (Å²) in [6, 6.07) is 10.9. The first-order valence-electron chi connectivity index (χ1n) is 9.51. The van der Waals surface area contributed by atoms with Crippen LogP contribution in [0.5, 0.6) is 0 Å². The number of nitrogens with zero attached hydrogens (tertiary/aromatic N) is 3. The summed E-state index contributed by atoms with van der Waals surface area (Å²) >= 11 is 0. The third kappa shape index (κ3) is 2.28. The summed E-state index contributed by atoms with van der Waals surface area (Å²) < 4.78 is 3.56. The van der Waals surface area contributed by atoms with Crippen LogP contribution in [0, 0.1) is 19.1 Å². The molecule has 134 valence electrons. The maximum atomic E-state index is 12.1. The zero-order valence-corrected chi connectivity index (χ0v) is 15.7. The molecule has 2 aromatic heterocycles. The van der Waals surface area contributed by atoms with Gasteiger partial charge in [-0.3, -0.25) is 0 Å². The lowest BCUT2D eigenvalue weighted by molar-refractivity contribution is -0.612. The second-order valence-corrected chi connectivity index (χ2v) is 8.25. The van der Waals surface area contributed by atoms with Crippen LogP contribution in [-0.2, 0) is 13.1 Å². The summed E-state index contributed by atoms with van der Waals surface area (Å²) in [5.74, 6) is 0.932. The third-order valence-corrected chi connectivity index (χ3v) is 6.29. The maximum absolute atomic E-state index is 12.1. The summed E-state index contributed by atoms with van der Waals surface area (Å²) in [5, 5.41) is 13.5. The fourth-order valence-electron chi connectivity index (χ4n) is 5.06. The van der Waals surface area contributed by atoms with Crippen molar-refractivity contribution in [3.63, 3.8) is 0 Å². The summed E-state index contributed by atoms with van der Waals surface area (Å²) in [6.45, 7) is 7.14. The Morgan fingerprint density at radius 2 is 1.92 bits per heavy atom. The summed E-state index contributed by atoms with van der Waals surface area (Å²) in [5.41, 5.74) is 7.66. The van der Waals surface area contributed by atoms with Crippen LogP contribution in [0.2, 0.25) is 0 Å². The highest BCUT2D eigenvalue weighted by molar-refractivity contribution is 5.87. The number of pyridine rings is 1. The molecule has 2 unspecified atom stereocenters. The normalized spacial score (nSPS) is 22.6. The minimum absolute atomic E-state index is 0.393. The van der Waals surface area contributed by atoms with Crippen molar-refractivity contribution in [3.05, 3.63) is 69.8 Å². The molecule has 5 rings (SSSR count). The molecular formula is C22H25N3O. The zero-order valence-electron chi connectivity index (χ0n) is 15.7. The number of benzene rings is 1. The third-order valence-electron chi connectivity index (χ3n) is 6.29. The van der Waals surface area contributed by atoms with Crippen molar-refractivity contribution < 1.29 is 4.73 Å². The van der Waals surface area contributed by atoms with E-state index in [2.05, 4.69) is 47.7 Å². The number of aromatic nitrogens is 2. The SMILES string of the molecule is Cc1ccc2c(c1)c1c3n2CC(c2ccc(C)[n+]([O-])c2)CC3CN(C)C1. The molecule has 0 spiro atoms. The quantitative estimate of drug-likeness (QED) is 0.498. The van der Waals surface area contributed by atoms with Gasteiger partial charge in [0.05, 0.1) is 0 Å². The fraction of sp³-hybridized carbons (Fsp3) is 0.409. The van der Waals surface area contributed by atoms with E-state index >= 15 is 0 Å². The second-order valence-electron chi connectivity index (χ2n) is 8.25. The van der Waals surface area contributed by atoms with Gasteiger partial charge >= 0.3 is 0 Å². The van der Waals surface area contributed by atoms with Gasteiger partial charge in [-0.1, -0.05) is 11.6 Å². The predicted octanol–water partition coefficient (Wildman–Crippen LogP) is 3.61. The van der Waals surface area contributed by atoms with Crippen molar-refractivity contribution in [1.29, 1.82) is 0 Å². The lowest BCUT2D eigenvalue weighted by Gasteiger charge is -2.38. The molecule has 4 heteroatoms. The number of fused-ring (bicyclic) bond motifs is 3. The molecule has 0 N–H and O–H groups in total. The minimum atomic E-state index is 0.393. The summed E-state index contributed by atoms with van der Waals surface area (Å²) in [4.78, 5) is 2.45. The van der Waals surface area contributed by atoms with Crippen LogP contribution < -0.4 is 4.73 Å². The fourth-order valence-corrected chi connectivity index (χ4v) is 5.06. The first-order valence-corrected chi connectivity index (χ1v) is 9.51. The molecule has 2 aliphatic heterocycles. The Morgan fingerprint density at radius 1 is 1.08 bits per heavy atom. The molecule has 0 aliphatic carbocycles. The Morgan fingerprint density at radius 3 is 2.73 bits per heavy atom. The average Bonchev–Trinajstić information content (AvgIpc) is 2.91. The molecule has 2 atom stereocenters. The van der Waals surface area contributed by atoms with E-state index in [-0.39, 0.29) is 0 Å². The number of hydrogen-bond donors (Lipinski definition) is 0. The average molecular weight is 347 g/mol. The van der Waals surface area contributed by atoms with Gasteiger partial charge in [0.1, 0.15) is 0 Å². The van der Waals surface area contributed by atoms with Gasteiger partial charge in [0.15, 0.2) is 11.9 Å². The van der Waals surface area contributed by atoms with E-state index in [0.29, 0.717) is 11.8 Å². The van der Waals surface area contributed by atoms with Crippen LogP contribution in [-0.4, -0.2) is 23.1 Å². The van der Waals surface area contributed by atoms with Crippen molar-refractivity contribution in [2.45, 2.75) is 45.2 Å². The van der Waals surface area contributed by atoms with Crippen molar-refractivity contribution >= 4 is 10.9 Å².